The summed E-state index contributed by atoms with van der Waals surface area (Å²) in [5.41, 5.74) is 1.07. The number of carbonyl (C=O) groups excluding carboxylic acids is 2. The maximum atomic E-state index is 11.5. The standard InChI is InChI=1S/C15H19NO4S/c1-3-20-14(17)12(9-16)7-5-4-6-11-8-13(21-10-11)15(18)19-2/h8,10,12H,3-7H2,1-2H3. The number of unbranched alkanes of at least 4 members (excludes halogenated alkanes) is 1. The van der Waals surface area contributed by atoms with Crippen molar-refractivity contribution in [1.29, 1.82) is 5.26 Å². The molecule has 0 saturated heterocycles. The van der Waals surface area contributed by atoms with Gasteiger partial charge in [0.2, 0.25) is 0 Å². The van der Waals surface area contributed by atoms with Crippen LogP contribution in [0.5, 0.6) is 0 Å². The van der Waals surface area contributed by atoms with Gasteiger partial charge in [-0.3, -0.25) is 4.79 Å². The number of carbonyl (C=O) groups is 2. The van der Waals surface area contributed by atoms with Gasteiger partial charge >= 0.3 is 11.9 Å². The van der Waals surface area contributed by atoms with Gasteiger partial charge in [0.25, 0.3) is 0 Å². The molecule has 0 aromatic carbocycles. The number of esters is 2. The highest BCUT2D eigenvalue weighted by Crippen LogP contribution is 2.19. The number of hydrogen-bond acceptors (Lipinski definition) is 6. The van der Waals surface area contributed by atoms with Crippen molar-refractivity contribution in [3.05, 3.63) is 21.9 Å². The fourth-order valence-corrected chi connectivity index (χ4v) is 2.73. The van der Waals surface area contributed by atoms with E-state index in [4.69, 9.17) is 10.00 Å². The molecule has 0 radical (unpaired) electrons. The van der Waals surface area contributed by atoms with Crippen LogP contribution >= 0.6 is 11.3 Å². The van der Waals surface area contributed by atoms with E-state index in [-0.39, 0.29) is 5.97 Å². The Balaban J connectivity index is 2.33. The highest BCUT2D eigenvalue weighted by molar-refractivity contribution is 7.12. The van der Waals surface area contributed by atoms with Crippen LogP contribution in [0.4, 0.5) is 0 Å². The first-order valence-corrected chi connectivity index (χ1v) is 7.72. The minimum absolute atomic E-state index is 0.294. The van der Waals surface area contributed by atoms with Crippen molar-refractivity contribution in [3.63, 3.8) is 0 Å². The van der Waals surface area contributed by atoms with Gasteiger partial charge in [-0.25, -0.2) is 4.79 Å². The summed E-state index contributed by atoms with van der Waals surface area (Å²) in [6, 6.07) is 3.80. The minimum atomic E-state index is -0.682. The predicted molar refractivity (Wildman–Crippen MR) is 78.9 cm³/mol. The minimum Gasteiger partial charge on any atom is -0.465 e. The highest BCUT2D eigenvalue weighted by atomic mass is 32.1. The fourth-order valence-electron chi connectivity index (χ4n) is 1.87. The first kappa shape index (κ1) is 17.2. The number of ether oxygens (including phenoxy) is 2. The lowest BCUT2D eigenvalue weighted by molar-refractivity contribution is -0.146. The van der Waals surface area contributed by atoms with Crippen LogP contribution in [0.25, 0.3) is 0 Å². The molecule has 6 heteroatoms. The summed E-state index contributed by atoms with van der Waals surface area (Å²) in [5.74, 6) is -1.44. The van der Waals surface area contributed by atoms with Crippen LogP contribution in [-0.4, -0.2) is 25.7 Å². The van der Waals surface area contributed by atoms with Gasteiger partial charge < -0.3 is 9.47 Å². The van der Waals surface area contributed by atoms with Crippen molar-refractivity contribution in [2.75, 3.05) is 13.7 Å². The molecule has 1 rings (SSSR count). The molecule has 0 spiro atoms. The molecule has 0 bridgehead atoms. The third kappa shape index (κ3) is 5.56. The monoisotopic (exact) mass is 309 g/mol. The average molecular weight is 309 g/mol. The first-order valence-electron chi connectivity index (χ1n) is 6.84. The second-order valence-electron chi connectivity index (χ2n) is 4.49. The smallest absolute Gasteiger partial charge is 0.348 e. The van der Waals surface area contributed by atoms with Gasteiger partial charge in [0.1, 0.15) is 10.8 Å². The molecule has 5 nitrogen and oxygen atoms in total. The van der Waals surface area contributed by atoms with Crippen molar-refractivity contribution >= 4 is 23.3 Å². The van der Waals surface area contributed by atoms with Crippen molar-refractivity contribution in [2.45, 2.75) is 32.6 Å². The largest absolute Gasteiger partial charge is 0.465 e. The highest BCUT2D eigenvalue weighted by Gasteiger charge is 2.18. The number of nitriles is 1. The number of nitrogens with zero attached hydrogens (tertiary/aromatic N) is 1. The quantitative estimate of drug-likeness (QED) is 0.545. The maximum absolute atomic E-state index is 11.5. The van der Waals surface area contributed by atoms with Crippen LogP contribution in [0.1, 0.15) is 41.4 Å². The van der Waals surface area contributed by atoms with E-state index in [0.29, 0.717) is 17.9 Å². The van der Waals surface area contributed by atoms with Crippen LogP contribution in [0.2, 0.25) is 0 Å². The van der Waals surface area contributed by atoms with E-state index in [1.807, 2.05) is 17.5 Å². The summed E-state index contributed by atoms with van der Waals surface area (Å²) in [5, 5.41) is 10.9. The van der Waals surface area contributed by atoms with Gasteiger partial charge in [0.05, 0.1) is 19.8 Å². The van der Waals surface area contributed by atoms with Crippen molar-refractivity contribution < 1.29 is 19.1 Å². The average Bonchev–Trinajstić information content (AvgIpc) is 2.95. The molecule has 0 fully saturated rings. The summed E-state index contributed by atoms with van der Waals surface area (Å²) < 4.78 is 9.50. The Kier molecular flexibility index (Phi) is 7.48. The van der Waals surface area contributed by atoms with Gasteiger partial charge in [0.15, 0.2) is 0 Å². The number of thiophene rings is 1. The van der Waals surface area contributed by atoms with Gasteiger partial charge in [-0.2, -0.15) is 5.26 Å². The van der Waals surface area contributed by atoms with E-state index in [1.54, 1.807) is 6.92 Å². The molecule has 21 heavy (non-hydrogen) atoms. The number of methoxy groups -OCH3 is 1. The summed E-state index contributed by atoms with van der Waals surface area (Å²) in [4.78, 5) is 23.4. The Morgan fingerprint density at radius 1 is 1.43 bits per heavy atom. The lowest BCUT2D eigenvalue weighted by Gasteiger charge is -2.07. The zero-order valence-corrected chi connectivity index (χ0v) is 13.1. The maximum Gasteiger partial charge on any atom is 0.348 e. The first-order chi connectivity index (χ1) is 10.1. The number of hydrogen-bond donors (Lipinski definition) is 0. The van der Waals surface area contributed by atoms with E-state index >= 15 is 0 Å². The van der Waals surface area contributed by atoms with Crippen LogP contribution in [0.15, 0.2) is 11.4 Å². The Labute approximate surface area is 128 Å². The number of aryl methyl sites for hydroxylation is 1. The van der Waals surface area contributed by atoms with Crippen molar-refractivity contribution in [3.8, 4) is 6.07 Å². The predicted octanol–water partition coefficient (Wildman–Crippen LogP) is 2.95. The Bertz CT molecular complexity index is 518. The molecule has 0 aliphatic carbocycles. The second kappa shape index (κ2) is 9.14. The van der Waals surface area contributed by atoms with E-state index in [9.17, 15) is 9.59 Å². The van der Waals surface area contributed by atoms with Gasteiger partial charge in [-0.05, 0) is 43.2 Å². The van der Waals surface area contributed by atoms with E-state index in [0.717, 1.165) is 24.8 Å². The van der Waals surface area contributed by atoms with E-state index < -0.39 is 11.9 Å². The zero-order chi connectivity index (χ0) is 15.7. The Hall–Kier alpha value is -1.87. The molecule has 1 unspecified atom stereocenters. The molecule has 1 atom stereocenters. The number of rotatable bonds is 8. The van der Waals surface area contributed by atoms with Crippen molar-refractivity contribution in [1.82, 2.24) is 0 Å². The van der Waals surface area contributed by atoms with Gasteiger partial charge in [-0.15, -0.1) is 11.3 Å². The lowest BCUT2D eigenvalue weighted by atomic mass is 10.0. The summed E-state index contributed by atoms with van der Waals surface area (Å²) in [7, 11) is 1.36. The SMILES string of the molecule is CCOC(=O)C(C#N)CCCCc1csc(C(=O)OC)c1. The summed E-state index contributed by atoms with van der Waals surface area (Å²) >= 11 is 1.36. The third-order valence-corrected chi connectivity index (χ3v) is 3.93. The molecule has 0 amide bonds. The van der Waals surface area contributed by atoms with E-state index in [2.05, 4.69) is 4.74 Å². The normalized spacial score (nSPS) is 11.5. The molecule has 0 aliphatic heterocycles. The lowest BCUT2D eigenvalue weighted by Crippen LogP contribution is -2.16. The molecular weight excluding hydrogens is 290 g/mol. The van der Waals surface area contributed by atoms with Crippen LogP contribution < -0.4 is 0 Å². The van der Waals surface area contributed by atoms with E-state index in [1.165, 1.54) is 18.4 Å². The van der Waals surface area contributed by atoms with Gasteiger partial charge in [0, 0.05) is 0 Å². The Morgan fingerprint density at radius 2 is 2.19 bits per heavy atom. The van der Waals surface area contributed by atoms with Crippen LogP contribution in [0.3, 0.4) is 0 Å². The molecule has 0 saturated carbocycles. The molecule has 1 aromatic rings. The molecule has 1 aromatic heterocycles. The topological polar surface area (TPSA) is 76.4 Å². The molecule has 1 heterocycles. The summed E-state index contributed by atoms with van der Waals surface area (Å²) in [6.45, 7) is 2.02. The van der Waals surface area contributed by atoms with Gasteiger partial charge in [-0.1, -0.05) is 6.42 Å². The van der Waals surface area contributed by atoms with Crippen LogP contribution in [0, 0.1) is 17.2 Å². The molecule has 0 aliphatic rings. The zero-order valence-electron chi connectivity index (χ0n) is 12.3. The Morgan fingerprint density at radius 3 is 2.81 bits per heavy atom. The molecule has 0 N–H and O–H groups in total. The summed E-state index contributed by atoms with van der Waals surface area (Å²) in [6.07, 6.45) is 2.94. The fraction of sp³-hybridized carbons (Fsp3) is 0.533. The molecular formula is C15H19NO4S. The third-order valence-electron chi connectivity index (χ3n) is 2.98. The second-order valence-corrected chi connectivity index (χ2v) is 5.40. The van der Waals surface area contributed by atoms with Crippen LogP contribution in [-0.2, 0) is 20.7 Å². The van der Waals surface area contributed by atoms with Crippen molar-refractivity contribution in [2.24, 2.45) is 5.92 Å². The molecule has 114 valence electrons.